The van der Waals surface area contributed by atoms with Crippen LogP contribution in [0.1, 0.15) is 35.4 Å². The van der Waals surface area contributed by atoms with Crippen LogP contribution >= 0.6 is 0 Å². The topological polar surface area (TPSA) is 170 Å². The number of piperidine rings is 2. The lowest BCUT2D eigenvalue weighted by Gasteiger charge is -2.47. The number of morpholine rings is 2. The van der Waals surface area contributed by atoms with E-state index in [-0.39, 0.29) is 85.2 Å². The Hall–Kier alpha value is -6.32. The molecule has 2 aromatic heterocycles. The quantitative estimate of drug-likeness (QED) is 0.107. The van der Waals surface area contributed by atoms with Crippen molar-refractivity contribution in [1.82, 2.24) is 18.9 Å². The molecule has 4 saturated heterocycles. The molecule has 4 aliphatic rings. The highest BCUT2D eigenvalue weighted by atomic mass is 32.2. The van der Waals surface area contributed by atoms with E-state index < -0.39 is 67.4 Å². The van der Waals surface area contributed by atoms with Gasteiger partial charge in [-0.25, -0.2) is 25.6 Å². The van der Waals surface area contributed by atoms with Crippen molar-refractivity contribution in [2.24, 2.45) is 0 Å². The first-order valence-electron chi connectivity index (χ1n) is 23.7. The molecule has 4 aliphatic heterocycles. The third-order valence-corrected chi connectivity index (χ3v) is 17.2. The summed E-state index contributed by atoms with van der Waals surface area (Å²) in [7, 11) is -4.51. The summed E-state index contributed by atoms with van der Waals surface area (Å²) in [5.41, 5.74) is -0.169. The van der Waals surface area contributed by atoms with E-state index >= 15 is 8.78 Å². The minimum Gasteiger partial charge on any atom is -0.495 e. The van der Waals surface area contributed by atoms with E-state index in [1.807, 2.05) is 9.80 Å². The van der Waals surface area contributed by atoms with Crippen LogP contribution in [0.25, 0.3) is 22.3 Å². The maximum absolute atomic E-state index is 15.4. The first kappa shape index (κ1) is 54.5. The van der Waals surface area contributed by atoms with Crippen molar-refractivity contribution in [2.45, 2.75) is 61.0 Å². The van der Waals surface area contributed by atoms with Gasteiger partial charge >= 0.3 is 12.4 Å². The maximum atomic E-state index is 15.4. The van der Waals surface area contributed by atoms with Crippen LogP contribution < -0.4 is 19.3 Å². The minimum absolute atomic E-state index is 0.0183. The normalized spacial score (nSPS) is 20.8. The number of fused-ring (bicyclic) bond motifs is 2. The van der Waals surface area contributed by atoms with Gasteiger partial charge in [0.1, 0.15) is 47.2 Å². The Morgan fingerprint density at radius 3 is 1.34 bits per heavy atom. The van der Waals surface area contributed by atoms with E-state index in [0.29, 0.717) is 60.2 Å². The van der Waals surface area contributed by atoms with Gasteiger partial charge in [0.15, 0.2) is 0 Å². The number of nitrogens with zero attached hydrogens (tertiary/aromatic N) is 6. The van der Waals surface area contributed by atoms with Crippen LogP contribution in [0.3, 0.4) is 0 Å². The fourth-order valence-corrected chi connectivity index (χ4v) is 13.0. The van der Waals surface area contributed by atoms with E-state index in [4.69, 9.17) is 28.0 Å². The third-order valence-electron chi connectivity index (χ3n) is 13.7. The van der Waals surface area contributed by atoms with Gasteiger partial charge < -0.3 is 37.8 Å². The lowest BCUT2D eigenvalue weighted by molar-refractivity contribution is -0.138. The molecule has 26 heteroatoms. The second-order valence-corrected chi connectivity index (χ2v) is 22.2. The molecule has 0 radical (unpaired) electrons. The number of hydrogen-bond acceptors (Lipinski definition) is 14. The number of ether oxygens (including phenoxy) is 4. The van der Waals surface area contributed by atoms with Crippen LogP contribution in [-0.4, -0.2) is 127 Å². The number of halogens is 8. The van der Waals surface area contributed by atoms with Crippen LogP contribution in [0, 0.1) is 11.6 Å². The van der Waals surface area contributed by atoms with Gasteiger partial charge in [0.05, 0.1) is 85.6 Å². The standard InChI is InChI=1S/2C25H25F4N3O5S/c2*1-35-23-12-19(16-3-2-4-17(11-16)25(27,28)29)20(26)13-22(23)32-8-10-36-24-14-31(7-5-21(24)32)38(33,34)15-18-6-9-37-30-18/h2*2-4,6,9,11-13,21,24H,5,7-8,10,14-15H2,1H3/t2*21-,24-/m10/s1. The third kappa shape index (κ3) is 11.8. The molecule has 0 spiro atoms. The van der Waals surface area contributed by atoms with Crippen molar-refractivity contribution in [3.8, 4) is 33.8 Å². The molecule has 0 N–H and O–H groups in total. The van der Waals surface area contributed by atoms with Crippen LogP contribution in [0.5, 0.6) is 11.5 Å². The second kappa shape index (κ2) is 22.0. The molecule has 6 heterocycles. The molecule has 4 fully saturated rings. The van der Waals surface area contributed by atoms with E-state index in [9.17, 15) is 43.2 Å². The van der Waals surface area contributed by atoms with Gasteiger partial charge in [-0.3, -0.25) is 0 Å². The molecule has 0 amide bonds. The van der Waals surface area contributed by atoms with E-state index in [1.165, 1.54) is 96.0 Å². The molecule has 10 rings (SSSR count). The predicted octanol–water partition coefficient (Wildman–Crippen LogP) is 8.64. The Kier molecular flexibility index (Phi) is 15.7. The summed E-state index contributed by atoms with van der Waals surface area (Å²) in [5.74, 6) is -1.39. The Morgan fingerprint density at radius 2 is 0.987 bits per heavy atom. The maximum Gasteiger partial charge on any atom is 0.416 e. The number of methoxy groups -OCH3 is 2. The number of aromatic nitrogens is 2. The summed E-state index contributed by atoms with van der Waals surface area (Å²) >= 11 is 0. The highest BCUT2D eigenvalue weighted by Crippen LogP contribution is 2.43. The Balaban J connectivity index is 0.000000186. The lowest BCUT2D eigenvalue weighted by atomic mass is 9.97. The van der Waals surface area contributed by atoms with Crippen LogP contribution in [0.4, 0.5) is 46.5 Å². The van der Waals surface area contributed by atoms with Crippen molar-refractivity contribution in [3.05, 3.63) is 132 Å². The Morgan fingerprint density at radius 1 is 0.579 bits per heavy atom. The van der Waals surface area contributed by atoms with Crippen LogP contribution in [0.2, 0.25) is 0 Å². The number of hydrogen-bond donors (Lipinski definition) is 0. The summed E-state index contributed by atoms with van der Waals surface area (Å²) in [4.78, 5) is 3.85. The SMILES string of the molecule is COc1cc(-c2cccc(C(F)(F)F)c2)c(F)cc1N1CCO[C@@H]2CN(S(=O)(=O)Cc3ccon3)CC[C@H]21.COc1cc(-c2cccc(C(F)(F)F)c2)c(F)cc1N1CCO[C@H]2CN(S(=O)(=O)Cc3ccon3)CC[C@@H]21. The number of rotatable bonds is 12. The van der Waals surface area contributed by atoms with Crippen molar-refractivity contribution < 1.29 is 80.0 Å². The van der Waals surface area contributed by atoms with E-state index in [0.717, 1.165) is 24.3 Å². The average molecular weight is 1110 g/mol. The first-order chi connectivity index (χ1) is 36.1. The second-order valence-electron chi connectivity index (χ2n) is 18.3. The molecular formula is C50H50F8N6O10S2. The summed E-state index contributed by atoms with van der Waals surface area (Å²) < 4.78 is 197. The molecule has 76 heavy (non-hydrogen) atoms. The van der Waals surface area contributed by atoms with Gasteiger partial charge in [-0.2, -0.15) is 35.0 Å². The summed E-state index contributed by atoms with van der Waals surface area (Å²) in [6.45, 7) is 2.07. The lowest BCUT2D eigenvalue weighted by Crippen LogP contribution is -2.60. The molecule has 4 atom stereocenters. The van der Waals surface area contributed by atoms with Crippen molar-refractivity contribution in [1.29, 1.82) is 0 Å². The zero-order valence-corrected chi connectivity index (χ0v) is 42.3. The fraction of sp³-hybridized carbons (Fsp3) is 0.400. The highest BCUT2D eigenvalue weighted by molar-refractivity contribution is 7.88. The average Bonchev–Trinajstić information content (AvgIpc) is 4.12. The Bertz CT molecular complexity index is 3010. The number of anilines is 2. The summed E-state index contributed by atoms with van der Waals surface area (Å²) in [6, 6.07) is 16.7. The molecule has 0 bridgehead atoms. The zero-order valence-electron chi connectivity index (χ0n) is 40.6. The van der Waals surface area contributed by atoms with Gasteiger partial charge in [-0.05, 0) is 60.4 Å². The molecule has 408 valence electrons. The van der Waals surface area contributed by atoms with E-state index in [1.54, 1.807) is 0 Å². The molecule has 0 unspecified atom stereocenters. The summed E-state index contributed by atoms with van der Waals surface area (Å²) in [5, 5.41) is 7.35. The summed E-state index contributed by atoms with van der Waals surface area (Å²) in [6.07, 6.45) is -6.60. The minimum atomic E-state index is -4.56. The van der Waals surface area contributed by atoms with Gasteiger partial charge in [0, 0.05) is 74.7 Å². The zero-order chi connectivity index (χ0) is 54.2. The van der Waals surface area contributed by atoms with Gasteiger partial charge in [-0.15, -0.1) is 0 Å². The molecule has 16 nitrogen and oxygen atoms in total. The van der Waals surface area contributed by atoms with Gasteiger partial charge in [0.25, 0.3) is 0 Å². The highest BCUT2D eigenvalue weighted by Gasteiger charge is 2.44. The Labute approximate surface area is 431 Å². The number of benzene rings is 4. The molecule has 6 aromatic rings. The van der Waals surface area contributed by atoms with Crippen molar-refractivity contribution >= 4 is 31.4 Å². The number of sulfonamides is 2. The van der Waals surface area contributed by atoms with Gasteiger partial charge in [-0.1, -0.05) is 34.6 Å². The monoisotopic (exact) mass is 1110 g/mol. The van der Waals surface area contributed by atoms with Gasteiger partial charge in [0.2, 0.25) is 20.0 Å². The van der Waals surface area contributed by atoms with Crippen LogP contribution in [0.15, 0.2) is 107 Å². The van der Waals surface area contributed by atoms with Crippen molar-refractivity contribution in [3.63, 3.8) is 0 Å². The predicted molar refractivity (Wildman–Crippen MR) is 259 cm³/mol. The van der Waals surface area contributed by atoms with Crippen LogP contribution in [-0.2, 0) is 53.4 Å². The molecule has 0 saturated carbocycles. The molecular weight excluding hydrogens is 1060 g/mol. The number of alkyl halides is 6. The largest absolute Gasteiger partial charge is 0.495 e. The molecule has 0 aliphatic carbocycles. The molecule has 4 aromatic carbocycles. The smallest absolute Gasteiger partial charge is 0.416 e. The fourth-order valence-electron chi connectivity index (χ4n) is 10.0. The van der Waals surface area contributed by atoms with Crippen molar-refractivity contribution in [2.75, 3.05) is 76.5 Å². The van der Waals surface area contributed by atoms with E-state index in [2.05, 4.69) is 10.3 Å². The first-order valence-corrected chi connectivity index (χ1v) is 27.0.